The molecule has 33 heavy (non-hydrogen) atoms. The highest BCUT2D eigenvalue weighted by atomic mass is 32.2. The Hall–Kier alpha value is -2.41. The summed E-state index contributed by atoms with van der Waals surface area (Å²) in [6, 6.07) is 13.2. The first-order chi connectivity index (χ1) is 15.7. The largest absolute Gasteiger partial charge is 0.416 e. The van der Waals surface area contributed by atoms with Crippen LogP contribution in [0.3, 0.4) is 0 Å². The molecule has 1 heterocycles. The number of hydrogen-bond donors (Lipinski definition) is 0. The van der Waals surface area contributed by atoms with Crippen LogP contribution in [0.15, 0.2) is 53.4 Å². The van der Waals surface area contributed by atoms with Gasteiger partial charge in [-0.1, -0.05) is 12.1 Å². The van der Waals surface area contributed by atoms with Crippen molar-refractivity contribution in [3.05, 3.63) is 65.2 Å². The van der Waals surface area contributed by atoms with Crippen molar-refractivity contribution in [2.24, 2.45) is 5.92 Å². The van der Waals surface area contributed by atoms with Crippen LogP contribution in [0.2, 0.25) is 0 Å². The van der Waals surface area contributed by atoms with Crippen molar-refractivity contribution in [3.63, 3.8) is 0 Å². The lowest BCUT2D eigenvalue weighted by Crippen LogP contribution is -2.47. The van der Waals surface area contributed by atoms with Crippen LogP contribution in [-0.4, -0.2) is 43.3 Å². The molecule has 0 amide bonds. The summed E-state index contributed by atoms with van der Waals surface area (Å²) in [5, 5.41) is 9.08. The Morgan fingerprint density at radius 1 is 1.03 bits per heavy atom. The predicted molar refractivity (Wildman–Crippen MR) is 118 cm³/mol. The number of halogens is 3. The van der Waals surface area contributed by atoms with E-state index >= 15 is 0 Å². The second-order valence-electron chi connectivity index (χ2n) is 8.86. The zero-order chi connectivity index (χ0) is 23.6. The van der Waals surface area contributed by atoms with Crippen LogP contribution in [-0.2, 0) is 22.7 Å². The lowest BCUT2D eigenvalue weighted by Gasteiger charge is -2.38. The van der Waals surface area contributed by atoms with Crippen molar-refractivity contribution in [3.8, 4) is 6.07 Å². The molecule has 0 unspecified atom stereocenters. The van der Waals surface area contributed by atoms with Crippen molar-refractivity contribution < 1.29 is 21.6 Å². The van der Waals surface area contributed by atoms with E-state index in [0.29, 0.717) is 50.5 Å². The van der Waals surface area contributed by atoms with Gasteiger partial charge in [0.15, 0.2) is 0 Å². The van der Waals surface area contributed by atoms with Crippen molar-refractivity contribution in [1.82, 2.24) is 9.21 Å². The van der Waals surface area contributed by atoms with Gasteiger partial charge in [-0.3, -0.25) is 4.90 Å². The Balaban J connectivity index is 1.46. The Kier molecular flexibility index (Phi) is 6.80. The van der Waals surface area contributed by atoms with Crippen molar-refractivity contribution >= 4 is 10.0 Å². The van der Waals surface area contributed by atoms with Crippen molar-refractivity contribution in [2.75, 3.05) is 19.6 Å². The summed E-state index contributed by atoms with van der Waals surface area (Å²) >= 11 is 0. The number of sulfonamides is 1. The number of benzene rings is 2. The molecule has 5 nitrogen and oxygen atoms in total. The first-order valence-corrected chi connectivity index (χ1v) is 12.5. The third-order valence-corrected chi connectivity index (χ3v) is 8.28. The summed E-state index contributed by atoms with van der Waals surface area (Å²) in [6.07, 6.45) is -1.23. The van der Waals surface area contributed by atoms with Gasteiger partial charge in [0.25, 0.3) is 0 Å². The fourth-order valence-electron chi connectivity index (χ4n) is 4.31. The minimum Gasteiger partial charge on any atom is -0.299 e. The van der Waals surface area contributed by atoms with Gasteiger partial charge in [-0.2, -0.15) is 22.7 Å². The maximum Gasteiger partial charge on any atom is 0.416 e. The third-order valence-electron chi connectivity index (χ3n) is 6.35. The maximum atomic E-state index is 13.4. The molecule has 4 rings (SSSR count). The van der Waals surface area contributed by atoms with Gasteiger partial charge >= 0.3 is 6.18 Å². The SMILES string of the molecule is N#Cc1cccc(CN2CCC(N(CC3CC3)S(=O)(=O)c3ccc(C(F)(F)F)cc3)CC2)c1. The van der Waals surface area contributed by atoms with Gasteiger partial charge in [0, 0.05) is 32.2 Å². The molecule has 0 aromatic heterocycles. The van der Waals surface area contributed by atoms with Gasteiger partial charge in [-0.25, -0.2) is 8.42 Å². The van der Waals surface area contributed by atoms with Gasteiger partial charge in [0.2, 0.25) is 10.0 Å². The fraction of sp³-hybridized carbons (Fsp3) is 0.458. The summed E-state index contributed by atoms with van der Waals surface area (Å²) in [4.78, 5) is 2.15. The second kappa shape index (κ2) is 9.45. The predicted octanol–water partition coefficient (Wildman–Crippen LogP) is 4.64. The minimum absolute atomic E-state index is 0.0908. The normalized spacial score (nSPS) is 18.4. The van der Waals surface area contributed by atoms with Crippen molar-refractivity contribution in [2.45, 2.75) is 49.3 Å². The summed E-state index contributed by atoms with van der Waals surface area (Å²) in [5.41, 5.74) is 0.796. The molecular formula is C24H26F3N3O2S. The van der Waals surface area contributed by atoms with E-state index in [-0.39, 0.29) is 10.9 Å². The molecule has 0 N–H and O–H groups in total. The number of alkyl halides is 3. The number of nitrogens with zero attached hydrogens (tertiary/aromatic N) is 3. The van der Waals surface area contributed by atoms with Crippen LogP contribution in [0.4, 0.5) is 13.2 Å². The average Bonchev–Trinajstić information content (AvgIpc) is 3.62. The van der Waals surface area contributed by atoms with E-state index < -0.39 is 21.8 Å². The molecule has 0 atom stereocenters. The average molecular weight is 478 g/mol. The highest BCUT2D eigenvalue weighted by Gasteiger charge is 2.38. The van der Waals surface area contributed by atoms with Crippen LogP contribution in [0, 0.1) is 17.2 Å². The molecule has 0 radical (unpaired) electrons. The number of nitriles is 1. The van der Waals surface area contributed by atoms with Gasteiger partial charge < -0.3 is 0 Å². The molecule has 176 valence electrons. The minimum atomic E-state index is -4.50. The smallest absolute Gasteiger partial charge is 0.299 e. The van der Waals surface area contributed by atoms with Gasteiger partial charge in [0.05, 0.1) is 22.1 Å². The Morgan fingerprint density at radius 3 is 2.27 bits per heavy atom. The van der Waals surface area contributed by atoms with Crippen LogP contribution in [0.5, 0.6) is 0 Å². The number of rotatable bonds is 7. The fourth-order valence-corrected chi connectivity index (χ4v) is 6.07. The van der Waals surface area contributed by atoms with Crippen LogP contribution < -0.4 is 0 Å². The quantitative estimate of drug-likeness (QED) is 0.583. The standard InChI is InChI=1S/C24H26F3N3O2S/c25-24(26,27)21-6-8-23(9-7-21)33(31,32)30(17-18-4-5-18)22-10-12-29(13-11-22)16-20-3-1-2-19(14-20)15-28/h1-3,6-9,14,18,22H,4-5,10-13,16-17H2. The molecule has 9 heteroatoms. The highest BCUT2D eigenvalue weighted by molar-refractivity contribution is 7.89. The van der Waals surface area contributed by atoms with Crippen LogP contribution in [0.25, 0.3) is 0 Å². The zero-order valence-corrected chi connectivity index (χ0v) is 18.9. The van der Waals surface area contributed by atoms with Gasteiger partial charge in [0.1, 0.15) is 0 Å². The number of piperidine rings is 1. The lowest BCUT2D eigenvalue weighted by atomic mass is 10.0. The molecule has 2 aliphatic rings. The first-order valence-electron chi connectivity index (χ1n) is 11.1. The van der Waals surface area contributed by atoms with Crippen LogP contribution in [0.1, 0.15) is 42.4 Å². The second-order valence-corrected chi connectivity index (χ2v) is 10.8. The van der Waals surface area contributed by atoms with E-state index in [9.17, 15) is 21.6 Å². The van der Waals surface area contributed by atoms with E-state index in [0.717, 1.165) is 42.7 Å². The molecule has 1 saturated carbocycles. The maximum absolute atomic E-state index is 13.4. The Labute approximate surface area is 192 Å². The molecule has 1 aliphatic heterocycles. The summed E-state index contributed by atoms with van der Waals surface area (Å²) < 4.78 is 67.0. The van der Waals surface area contributed by atoms with E-state index in [2.05, 4.69) is 11.0 Å². The molecule has 1 aliphatic carbocycles. The highest BCUT2D eigenvalue weighted by Crippen LogP contribution is 2.35. The van der Waals surface area contributed by atoms with E-state index in [1.54, 1.807) is 6.07 Å². The third kappa shape index (κ3) is 5.75. The Morgan fingerprint density at radius 2 is 1.70 bits per heavy atom. The Bertz CT molecular complexity index is 1110. The van der Waals surface area contributed by atoms with E-state index in [4.69, 9.17) is 5.26 Å². The zero-order valence-electron chi connectivity index (χ0n) is 18.1. The van der Waals surface area contributed by atoms with Crippen molar-refractivity contribution in [1.29, 1.82) is 5.26 Å². The number of hydrogen-bond acceptors (Lipinski definition) is 4. The van der Waals surface area contributed by atoms with Gasteiger partial charge in [-0.05, 0) is 73.6 Å². The van der Waals surface area contributed by atoms with E-state index in [1.807, 2.05) is 18.2 Å². The summed E-state index contributed by atoms with van der Waals surface area (Å²) in [5.74, 6) is 0.320. The monoisotopic (exact) mass is 477 g/mol. The molecule has 1 saturated heterocycles. The molecule has 0 bridgehead atoms. The summed E-state index contributed by atoms with van der Waals surface area (Å²) in [6.45, 7) is 2.53. The molecule has 2 aromatic rings. The lowest BCUT2D eigenvalue weighted by molar-refractivity contribution is -0.137. The molecule has 0 spiro atoms. The first kappa shape index (κ1) is 23.7. The molecule has 2 fully saturated rings. The molecule has 2 aromatic carbocycles. The number of likely N-dealkylation sites (tertiary alicyclic amines) is 1. The molecular weight excluding hydrogens is 451 g/mol. The van der Waals surface area contributed by atoms with E-state index in [1.165, 1.54) is 4.31 Å². The van der Waals surface area contributed by atoms with Crippen LogP contribution >= 0.6 is 0 Å². The summed E-state index contributed by atoms with van der Waals surface area (Å²) in [7, 11) is -3.89. The topological polar surface area (TPSA) is 64.4 Å². The van der Waals surface area contributed by atoms with Gasteiger partial charge in [-0.15, -0.1) is 0 Å².